The van der Waals surface area contributed by atoms with E-state index in [-0.39, 0.29) is 5.97 Å². The zero-order valence-electron chi connectivity index (χ0n) is 11.5. The Morgan fingerprint density at radius 1 is 1.42 bits per heavy atom. The first-order valence-corrected chi connectivity index (χ1v) is 5.96. The van der Waals surface area contributed by atoms with Gasteiger partial charge in [-0.15, -0.1) is 6.42 Å². The number of hydrogen-bond donors (Lipinski definition) is 1. The molecule has 1 N–H and O–H groups in total. The number of hydrogen-bond acceptors (Lipinski definition) is 4. The van der Waals surface area contributed by atoms with Crippen LogP contribution in [0.1, 0.15) is 12.5 Å². The predicted molar refractivity (Wildman–Crippen MR) is 74.0 cm³/mol. The topological polar surface area (TPSA) is 47.6 Å². The summed E-state index contributed by atoms with van der Waals surface area (Å²) in [6.07, 6.45) is 5.67. The number of esters is 1. The summed E-state index contributed by atoms with van der Waals surface area (Å²) in [6, 6.07) is 7.55. The van der Waals surface area contributed by atoms with Gasteiger partial charge >= 0.3 is 5.97 Å². The van der Waals surface area contributed by atoms with Gasteiger partial charge in [-0.05, 0) is 18.6 Å². The zero-order valence-corrected chi connectivity index (χ0v) is 11.5. The molecule has 19 heavy (non-hydrogen) atoms. The van der Waals surface area contributed by atoms with Gasteiger partial charge < -0.3 is 9.47 Å². The van der Waals surface area contributed by atoms with Crippen molar-refractivity contribution in [2.24, 2.45) is 0 Å². The van der Waals surface area contributed by atoms with Crippen LogP contribution in [0.4, 0.5) is 0 Å². The largest absolute Gasteiger partial charge is 0.496 e. The summed E-state index contributed by atoms with van der Waals surface area (Å²) in [5.74, 6) is 2.85. The van der Waals surface area contributed by atoms with Crippen LogP contribution < -0.4 is 10.1 Å². The number of terminal acetylenes is 1. The average molecular weight is 261 g/mol. The number of carbonyl (C=O) groups excluding carboxylic acids is 1. The van der Waals surface area contributed by atoms with Crippen LogP contribution in [0.25, 0.3) is 0 Å². The number of nitrogens with one attached hydrogen (secondary N) is 1. The van der Waals surface area contributed by atoms with Crippen molar-refractivity contribution in [1.29, 1.82) is 0 Å². The van der Waals surface area contributed by atoms with E-state index < -0.39 is 5.54 Å². The normalized spacial score (nSPS) is 13.2. The van der Waals surface area contributed by atoms with Crippen molar-refractivity contribution in [3.8, 4) is 18.1 Å². The fourth-order valence-corrected chi connectivity index (χ4v) is 1.91. The maximum atomic E-state index is 11.9. The molecule has 4 heteroatoms. The van der Waals surface area contributed by atoms with E-state index in [2.05, 4.69) is 11.2 Å². The Morgan fingerprint density at radius 2 is 2.11 bits per heavy atom. The van der Waals surface area contributed by atoms with Gasteiger partial charge in [-0.2, -0.15) is 0 Å². The van der Waals surface area contributed by atoms with Crippen LogP contribution in [0.15, 0.2) is 24.3 Å². The molecule has 1 atom stereocenters. The summed E-state index contributed by atoms with van der Waals surface area (Å²) >= 11 is 0. The lowest BCUT2D eigenvalue weighted by Crippen LogP contribution is -2.52. The molecule has 0 aliphatic carbocycles. The molecule has 0 aliphatic rings. The lowest BCUT2D eigenvalue weighted by atomic mass is 9.92. The second-order valence-electron chi connectivity index (χ2n) is 4.37. The van der Waals surface area contributed by atoms with Crippen LogP contribution in [0.2, 0.25) is 0 Å². The SMILES string of the molecule is C#CCNC(C)(Cc1ccccc1OC)C(=O)OC. The van der Waals surface area contributed by atoms with E-state index in [1.807, 2.05) is 24.3 Å². The molecule has 0 aromatic heterocycles. The lowest BCUT2D eigenvalue weighted by molar-refractivity contribution is -0.147. The molecule has 0 spiro atoms. The van der Waals surface area contributed by atoms with Crippen LogP contribution in [0.3, 0.4) is 0 Å². The van der Waals surface area contributed by atoms with E-state index in [0.717, 1.165) is 11.3 Å². The van der Waals surface area contributed by atoms with Crippen molar-refractivity contribution in [3.05, 3.63) is 29.8 Å². The maximum absolute atomic E-state index is 11.9. The van der Waals surface area contributed by atoms with Crippen LogP contribution >= 0.6 is 0 Å². The van der Waals surface area contributed by atoms with Crippen molar-refractivity contribution in [3.63, 3.8) is 0 Å². The summed E-state index contributed by atoms with van der Waals surface area (Å²) in [4.78, 5) is 11.9. The molecule has 0 saturated heterocycles. The van der Waals surface area contributed by atoms with Gasteiger partial charge in [-0.1, -0.05) is 24.1 Å². The molecule has 0 heterocycles. The van der Waals surface area contributed by atoms with Crippen molar-refractivity contribution in [1.82, 2.24) is 5.32 Å². The maximum Gasteiger partial charge on any atom is 0.326 e. The molecule has 0 radical (unpaired) electrons. The lowest BCUT2D eigenvalue weighted by Gasteiger charge is -2.27. The molecule has 0 saturated carbocycles. The minimum absolute atomic E-state index is 0.292. The first-order valence-electron chi connectivity index (χ1n) is 5.96. The third kappa shape index (κ3) is 3.73. The fourth-order valence-electron chi connectivity index (χ4n) is 1.91. The number of benzene rings is 1. The average Bonchev–Trinajstić information content (AvgIpc) is 2.44. The highest BCUT2D eigenvalue weighted by Crippen LogP contribution is 2.23. The summed E-state index contributed by atoms with van der Waals surface area (Å²) in [7, 11) is 2.96. The monoisotopic (exact) mass is 261 g/mol. The van der Waals surface area contributed by atoms with E-state index in [0.29, 0.717) is 13.0 Å². The molecule has 1 aromatic rings. The van der Waals surface area contributed by atoms with Gasteiger partial charge in [0, 0.05) is 6.42 Å². The summed E-state index contributed by atoms with van der Waals surface area (Å²) in [6.45, 7) is 2.06. The number of para-hydroxylation sites is 1. The van der Waals surface area contributed by atoms with Crippen molar-refractivity contribution >= 4 is 5.97 Å². The highest BCUT2D eigenvalue weighted by molar-refractivity contribution is 5.81. The molecular weight excluding hydrogens is 242 g/mol. The minimum atomic E-state index is -0.879. The number of carbonyl (C=O) groups is 1. The van der Waals surface area contributed by atoms with E-state index in [4.69, 9.17) is 15.9 Å². The van der Waals surface area contributed by atoms with Crippen molar-refractivity contribution < 1.29 is 14.3 Å². The Hall–Kier alpha value is -1.99. The highest BCUT2D eigenvalue weighted by Gasteiger charge is 2.34. The van der Waals surface area contributed by atoms with Crippen LogP contribution in [-0.2, 0) is 16.0 Å². The highest BCUT2D eigenvalue weighted by atomic mass is 16.5. The third-order valence-electron chi connectivity index (χ3n) is 2.95. The van der Waals surface area contributed by atoms with Crippen molar-refractivity contribution in [2.75, 3.05) is 20.8 Å². The molecule has 0 amide bonds. The summed E-state index contributed by atoms with van der Waals surface area (Å²) in [5.41, 5.74) is 0.0397. The third-order valence-corrected chi connectivity index (χ3v) is 2.95. The molecule has 1 unspecified atom stereocenters. The van der Waals surface area contributed by atoms with Crippen molar-refractivity contribution in [2.45, 2.75) is 18.9 Å². The quantitative estimate of drug-likeness (QED) is 0.621. The molecule has 0 bridgehead atoms. The second kappa shape index (κ2) is 6.81. The molecule has 1 rings (SSSR count). The van der Waals surface area contributed by atoms with Gasteiger partial charge in [0.1, 0.15) is 11.3 Å². The Balaban J connectivity index is 3.00. The van der Waals surface area contributed by atoms with Gasteiger partial charge in [0.2, 0.25) is 0 Å². The molecule has 0 fully saturated rings. The van der Waals surface area contributed by atoms with Gasteiger partial charge in [0.25, 0.3) is 0 Å². The first kappa shape index (κ1) is 15.1. The Kier molecular flexibility index (Phi) is 5.40. The Bertz CT molecular complexity index is 479. The summed E-state index contributed by atoms with van der Waals surface area (Å²) in [5, 5.41) is 3.03. The molecule has 0 aliphatic heterocycles. The molecule has 102 valence electrons. The van der Waals surface area contributed by atoms with E-state index >= 15 is 0 Å². The van der Waals surface area contributed by atoms with Gasteiger partial charge in [-0.25, -0.2) is 0 Å². The van der Waals surface area contributed by atoms with Crippen LogP contribution in [0, 0.1) is 12.3 Å². The van der Waals surface area contributed by atoms with Gasteiger partial charge in [-0.3, -0.25) is 10.1 Å². The predicted octanol–water partition coefficient (Wildman–Crippen LogP) is 1.39. The minimum Gasteiger partial charge on any atom is -0.496 e. The fraction of sp³-hybridized carbons (Fsp3) is 0.400. The Morgan fingerprint density at radius 3 is 2.68 bits per heavy atom. The molecule has 1 aromatic carbocycles. The van der Waals surface area contributed by atoms with Gasteiger partial charge in [0.15, 0.2) is 0 Å². The standard InChI is InChI=1S/C15H19NO3/c1-5-10-16-15(2,14(17)19-4)11-12-8-6-7-9-13(12)18-3/h1,6-9,16H,10-11H2,2-4H3. The van der Waals surface area contributed by atoms with E-state index in [9.17, 15) is 4.79 Å². The zero-order chi connectivity index (χ0) is 14.3. The number of rotatable bonds is 6. The van der Waals surface area contributed by atoms with Gasteiger partial charge in [0.05, 0.1) is 20.8 Å². The van der Waals surface area contributed by atoms with E-state index in [1.54, 1.807) is 14.0 Å². The van der Waals surface area contributed by atoms with Crippen LogP contribution in [-0.4, -0.2) is 32.3 Å². The number of methoxy groups -OCH3 is 2. The van der Waals surface area contributed by atoms with Crippen LogP contribution in [0.5, 0.6) is 5.75 Å². The molecule has 4 nitrogen and oxygen atoms in total. The van der Waals surface area contributed by atoms with E-state index in [1.165, 1.54) is 7.11 Å². The first-order chi connectivity index (χ1) is 9.07. The smallest absolute Gasteiger partial charge is 0.326 e. The molecular formula is C15H19NO3. The summed E-state index contributed by atoms with van der Waals surface area (Å²) < 4.78 is 10.1. The second-order valence-corrected chi connectivity index (χ2v) is 4.37. The number of ether oxygens (including phenoxy) is 2. The Labute approximate surface area is 114 Å².